The topological polar surface area (TPSA) is 124 Å². The first kappa shape index (κ1) is 37.1. The third-order valence-electron chi connectivity index (χ3n) is 8.52. The summed E-state index contributed by atoms with van der Waals surface area (Å²) in [6.07, 6.45) is 1.87. The van der Waals surface area contributed by atoms with Gasteiger partial charge in [0.15, 0.2) is 17.7 Å². The maximum Gasteiger partial charge on any atom is 0.269 e. The number of amidine groups is 1. The Kier molecular flexibility index (Phi) is 11.7. The van der Waals surface area contributed by atoms with E-state index in [1.54, 1.807) is 12.1 Å². The van der Waals surface area contributed by atoms with Crippen molar-refractivity contribution in [2.45, 2.75) is 70.5 Å². The molecule has 1 unspecified atom stereocenters. The smallest absolute Gasteiger partial charge is 0.269 e. The SMILES string of the molecule is CCC(C)(C)c1ccc(OCC(=O)Nc2cccc(C(=O)NC3=NN(c4c(Cl)cc(Cl)cc4Cl)C(=O)C3SC#N)c2)c(C(C)(C)CC)c1. The lowest BCUT2D eigenvalue weighted by Crippen LogP contribution is -2.38. The van der Waals surface area contributed by atoms with Gasteiger partial charge in [-0.05, 0) is 77.4 Å². The highest BCUT2D eigenvalue weighted by molar-refractivity contribution is 8.05. The Hall–Kier alpha value is -3.75. The quantitative estimate of drug-likeness (QED) is 0.191. The molecule has 0 saturated carbocycles. The molecule has 0 aliphatic carbocycles. The van der Waals surface area contributed by atoms with Gasteiger partial charge in [-0.3, -0.25) is 14.4 Å². The van der Waals surface area contributed by atoms with Crippen LogP contribution in [0.5, 0.6) is 5.75 Å². The van der Waals surface area contributed by atoms with E-state index in [0.717, 1.165) is 23.4 Å². The predicted octanol–water partition coefficient (Wildman–Crippen LogP) is 8.71. The van der Waals surface area contributed by atoms with Gasteiger partial charge in [0, 0.05) is 21.8 Å². The lowest BCUT2D eigenvalue weighted by molar-refractivity contribution is -0.118. The average molecular weight is 729 g/mol. The van der Waals surface area contributed by atoms with Crippen molar-refractivity contribution in [1.29, 1.82) is 5.26 Å². The third-order valence-corrected chi connectivity index (χ3v) is 10.1. The number of nitrogens with one attached hydrogen (secondary N) is 2. The van der Waals surface area contributed by atoms with Crippen LogP contribution in [0.2, 0.25) is 15.1 Å². The summed E-state index contributed by atoms with van der Waals surface area (Å²) < 4.78 is 6.04. The Morgan fingerprint density at radius 1 is 0.979 bits per heavy atom. The number of hydrogen-bond acceptors (Lipinski definition) is 7. The monoisotopic (exact) mass is 727 g/mol. The van der Waals surface area contributed by atoms with Crippen LogP contribution in [-0.2, 0) is 20.4 Å². The molecule has 0 radical (unpaired) electrons. The summed E-state index contributed by atoms with van der Waals surface area (Å²) in [5.41, 5.74) is 2.68. The van der Waals surface area contributed by atoms with Gasteiger partial charge in [-0.2, -0.15) is 10.3 Å². The number of benzene rings is 3. The Labute approximate surface area is 299 Å². The van der Waals surface area contributed by atoms with Crippen LogP contribution in [0.3, 0.4) is 0 Å². The van der Waals surface area contributed by atoms with Crippen molar-refractivity contribution in [2.24, 2.45) is 5.10 Å². The molecular weight excluding hydrogens is 693 g/mol. The minimum atomic E-state index is -1.15. The van der Waals surface area contributed by atoms with Crippen LogP contribution in [0.1, 0.15) is 75.9 Å². The molecule has 252 valence electrons. The number of nitriles is 1. The van der Waals surface area contributed by atoms with E-state index in [1.165, 1.54) is 29.8 Å². The Morgan fingerprint density at radius 3 is 2.27 bits per heavy atom. The number of nitrogens with zero attached hydrogens (tertiary/aromatic N) is 3. The number of thiocyanates is 1. The van der Waals surface area contributed by atoms with Gasteiger partial charge in [0.25, 0.3) is 17.7 Å². The standard InChI is InChI=1S/C35H36Cl3N5O4S/c1-7-34(3,4)21-12-13-27(24(15-21)35(5,6)8-2)47-18-28(44)40-23-11-9-10-20(14-23)32(45)41-31-30(48-19-39)33(46)43(42-31)29-25(37)16-22(36)17-26(29)38/h9-17,30H,7-8,18H2,1-6H3,(H,40,44)(H,41,42,45). The number of hydrazone groups is 1. The van der Waals surface area contributed by atoms with Gasteiger partial charge < -0.3 is 15.4 Å². The van der Waals surface area contributed by atoms with E-state index < -0.39 is 23.0 Å². The first-order valence-electron chi connectivity index (χ1n) is 15.2. The molecule has 4 rings (SSSR count). The molecule has 2 N–H and O–H groups in total. The zero-order chi connectivity index (χ0) is 35.4. The van der Waals surface area contributed by atoms with Gasteiger partial charge in [-0.25, -0.2) is 0 Å². The fourth-order valence-electron chi connectivity index (χ4n) is 4.85. The fourth-order valence-corrected chi connectivity index (χ4v) is 6.35. The highest BCUT2D eigenvalue weighted by Gasteiger charge is 2.40. The van der Waals surface area contributed by atoms with Gasteiger partial charge in [-0.15, -0.1) is 5.10 Å². The van der Waals surface area contributed by atoms with Crippen LogP contribution in [0.15, 0.2) is 59.7 Å². The van der Waals surface area contributed by atoms with Gasteiger partial charge in [-0.1, -0.05) is 94.5 Å². The van der Waals surface area contributed by atoms with E-state index in [-0.39, 0.29) is 49.6 Å². The van der Waals surface area contributed by atoms with Crippen LogP contribution >= 0.6 is 46.6 Å². The number of halogens is 3. The summed E-state index contributed by atoms with van der Waals surface area (Å²) in [6.45, 7) is 12.8. The Morgan fingerprint density at radius 2 is 1.65 bits per heavy atom. The van der Waals surface area contributed by atoms with Crippen LogP contribution < -0.4 is 20.4 Å². The minimum Gasteiger partial charge on any atom is -0.483 e. The number of ether oxygens (including phenoxy) is 1. The van der Waals surface area contributed by atoms with Crippen LogP contribution in [0.4, 0.5) is 11.4 Å². The van der Waals surface area contributed by atoms with E-state index in [2.05, 4.69) is 63.3 Å². The largest absolute Gasteiger partial charge is 0.483 e. The molecule has 1 aliphatic heterocycles. The number of amides is 3. The van der Waals surface area contributed by atoms with Crippen molar-refractivity contribution in [2.75, 3.05) is 16.9 Å². The first-order valence-corrected chi connectivity index (χ1v) is 17.2. The zero-order valence-corrected chi connectivity index (χ0v) is 30.5. The molecule has 9 nitrogen and oxygen atoms in total. The van der Waals surface area contributed by atoms with E-state index in [0.29, 0.717) is 23.2 Å². The summed E-state index contributed by atoms with van der Waals surface area (Å²) in [7, 11) is 0. The second-order valence-electron chi connectivity index (χ2n) is 12.5. The minimum absolute atomic E-state index is 0.00132. The van der Waals surface area contributed by atoms with Crippen LogP contribution in [-0.4, -0.2) is 35.4 Å². The fraction of sp³-hybridized carbons (Fsp3) is 0.343. The predicted molar refractivity (Wildman–Crippen MR) is 194 cm³/mol. The highest BCUT2D eigenvalue weighted by Crippen LogP contribution is 2.40. The van der Waals surface area contributed by atoms with E-state index in [9.17, 15) is 19.6 Å². The molecular formula is C35H36Cl3N5O4S. The highest BCUT2D eigenvalue weighted by atomic mass is 35.5. The van der Waals surface area contributed by atoms with Gasteiger partial charge in [0.1, 0.15) is 16.8 Å². The Balaban J connectivity index is 1.48. The van der Waals surface area contributed by atoms with E-state index >= 15 is 0 Å². The molecule has 0 fully saturated rings. The average Bonchev–Trinajstić information content (AvgIpc) is 3.33. The summed E-state index contributed by atoms with van der Waals surface area (Å²) in [6, 6.07) is 15.2. The summed E-state index contributed by atoms with van der Waals surface area (Å²) >= 11 is 19.2. The van der Waals surface area contributed by atoms with Crippen molar-refractivity contribution in [1.82, 2.24) is 5.32 Å². The lowest BCUT2D eigenvalue weighted by atomic mass is 9.76. The number of carbonyl (C=O) groups is 3. The van der Waals surface area contributed by atoms with E-state index in [4.69, 9.17) is 39.5 Å². The Bertz CT molecular complexity index is 1800. The van der Waals surface area contributed by atoms with Crippen molar-refractivity contribution in [3.63, 3.8) is 0 Å². The summed E-state index contributed by atoms with van der Waals surface area (Å²) in [5, 5.41) is 21.0. The molecule has 0 spiro atoms. The van der Waals surface area contributed by atoms with Crippen molar-refractivity contribution in [3.05, 3.63) is 86.4 Å². The molecule has 3 aromatic rings. The van der Waals surface area contributed by atoms with Crippen molar-refractivity contribution >= 4 is 81.5 Å². The second-order valence-corrected chi connectivity index (χ2v) is 14.6. The number of anilines is 2. The number of rotatable bonds is 11. The molecule has 0 bridgehead atoms. The second kappa shape index (κ2) is 15.2. The molecule has 3 amide bonds. The normalized spacial score (nSPS) is 14.8. The molecule has 13 heteroatoms. The molecule has 1 aliphatic rings. The molecule has 1 heterocycles. The molecule has 1 atom stereocenters. The maximum absolute atomic E-state index is 13.3. The third kappa shape index (κ3) is 8.27. The molecule has 0 aromatic heterocycles. The molecule has 3 aromatic carbocycles. The van der Waals surface area contributed by atoms with Crippen LogP contribution in [0.25, 0.3) is 0 Å². The first-order chi connectivity index (χ1) is 22.6. The lowest BCUT2D eigenvalue weighted by Gasteiger charge is -2.30. The van der Waals surface area contributed by atoms with Crippen molar-refractivity contribution in [3.8, 4) is 11.2 Å². The summed E-state index contributed by atoms with van der Waals surface area (Å²) in [4.78, 5) is 39.5. The number of carbonyl (C=O) groups excluding carboxylic acids is 3. The number of thioether (sulfide) groups is 1. The zero-order valence-electron chi connectivity index (χ0n) is 27.4. The van der Waals surface area contributed by atoms with Gasteiger partial charge >= 0.3 is 0 Å². The van der Waals surface area contributed by atoms with Gasteiger partial charge in [0.2, 0.25) is 0 Å². The molecule has 0 saturated heterocycles. The van der Waals surface area contributed by atoms with E-state index in [1.807, 2.05) is 17.5 Å². The number of hydrogen-bond donors (Lipinski definition) is 2. The summed E-state index contributed by atoms with van der Waals surface area (Å²) in [5.74, 6) is -1.09. The maximum atomic E-state index is 13.3. The molecule has 48 heavy (non-hydrogen) atoms. The van der Waals surface area contributed by atoms with Crippen molar-refractivity contribution < 1.29 is 19.1 Å². The van der Waals surface area contributed by atoms with Crippen LogP contribution in [0, 0.1) is 10.7 Å². The van der Waals surface area contributed by atoms with Gasteiger partial charge in [0.05, 0.1) is 10.0 Å².